The fourth-order valence-electron chi connectivity index (χ4n) is 3.17. The van der Waals surface area contributed by atoms with Crippen molar-refractivity contribution in [2.24, 2.45) is 0 Å². The lowest BCUT2D eigenvalue weighted by Crippen LogP contribution is -2.04. The first-order chi connectivity index (χ1) is 15.5. The summed E-state index contributed by atoms with van der Waals surface area (Å²) in [5.74, 6) is -0.810. The van der Waals surface area contributed by atoms with Gasteiger partial charge >= 0.3 is 0 Å². The van der Waals surface area contributed by atoms with Gasteiger partial charge in [-0.3, -0.25) is 0 Å². The van der Waals surface area contributed by atoms with Crippen molar-refractivity contribution in [3.63, 3.8) is 0 Å². The van der Waals surface area contributed by atoms with Crippen LogP contribution in [0.1, 0.15) is 17.9 Å². The minimum absolute atomic E-state index is 0.184. The summed E-state index contributed by atoms with van der Waals surface area (Å²) in [7, 11) is 0. The molecule has 32 heavy (non-hydrogen) atoms. The first-order valence-electron chi connectivity index (χ1n) is 9.40. The Bertz CT molecular complexity index is 1300. The highest BCUT2D eigenvalue weighted by Gasteiger charge is 2.18. The quantitative estimate of drug-likeness (QED) is 0.375. The summed E-state index contributed by atoms with van der Waals surface area (Å²) in [5, 5.41) is 14.8. The Hall–Kier alpha value is -4.28. The van der Waals surface area contributed by atoms with Gasteiger partial charge in [0.05, 0.1) is 5.69 Å². The molecular formula is C21H17F3N8. The Kier molecular flexibility index (Phi) is 5.79. The topological polar surface area (TPSA) is 118 Å². The zero-order valence-corrected chi connectivity index (χ0v) is 16.5. The van der Waals surface area contributed by atoms with Gasteiger partial charge in [-0.1, -0.05) is 12.1 Å². The number of alkyl halides is 2. The monoisotopic (exact) mass is 438 g/mol. The average Bonchev–Trinajstić information content (AvgIpc) is 3.17. The van der Waals surface area contributed by atoms with Crippen LogP contribution in [0.25, 0.3) is 16.6 Å². The van der Waals surface area contributed by atoms with Crippen LogP contribution in [0.5, 0.6) is 0 Å². The number of rotatable bonds is 7. The largest absolute Gasteiger partial charge is 0.382 e. The second-order valence-corrected chi connectivity index (χ2v) is 6.75. The van der Waals surface area contributed by atoms with Crippen molar-refractivity contribution in [3.05, 3.63) is 78.2 Å². The minimum Gasteiger partial charge on any atom is -0.382 e. The number of aromatic nitrogens is 5. The van der Waals surface area contributed by atoms with E-state index in [1.807, 2.05) is 0 Å². The van der Waals surface area contributed by atoms with E-state index >= 15 is 0 Å². The van der Waals surface area contributed by atoms with Crippen molar-refractivity contribution in [1.29, 1.82) is 5.41 Å². The highest BCUT2D eigenvalue weighted by molar-refractivity contribution is 5.88. The molecule has 0 unspecified atom stereocenters. The maximum absolute atomic E-state index is 13.9. The smallest absolute Gasteiger partial charge is 0.297 e. The fourth-order valence-corrected chi connectivity index (χ4v) is 3.17. The third-order valence-electron chi connectivity index (χ3n) is 4.69. The van der Waals surface area contributed by atoms with Gasteiger partial charge in [0, 0.05) is 48.0 Å². The summed E-state index contributed by atoms with van der Waals surface area (Å²) in [6, 6.07) is 7.93. The second kappa shape index (κ2) is 8.84. The highest BCUT2D eigenvalue weighted by Crippen LogP contribution is 2.31. The highest BCUT2D eigenvalue weighted by atomic mass is 19.3. The first-order valence-corrected chi connectivity index (χ1v) is 9.40. The fraction of sp³-hybridized carbons (Fsp3) is 0.0952. The molecule has 4 N–H and O–H groups in total. The van der Waals surface area contributed by atoms with Crippen molar-refractivity contribution in [3.8, 4) is 11.1 Å². The van der Waals surface area contributed by atoms with Crippen molar-refractivity contribution >= 4 is 23.2 Å². The molecule has 0 bridgehead atoms. The van der Waals surface area contributed by atoms with Gasteiger partial charge in [0.2, 0.25) is 0 Å². The number of nitrogen functional groups attached to an aromatic ring is 1. The number of hydrogen-bond acceptors (Lipinski definition) is 7. The molecule has 0 aliphatic rings. The normalized spacial score (nSPS) is 11.8. The van der Waals surface area contributed by atoms with Gasteiger partial charge in [0.15, 0.2) is 11.6 Å². The molecule has 3 heterocycles. The number of anilines is 2. The molecule has 0 aliphatic heterocycles. The van der Waals surface area contributed by atoms with Crippen LogP contribution in [0.15, 0.2) is 60.8 Å². The molecule has 0 fully saturated rings. The summed E-state index contributed by atoms with van der Waals surface area (Å²) in [4.78, 5) is 11.4. The van der Waals surface area contributed by atoms with Crippen LogP contribution >= 0.6 is 0 Å². The molecule has 0 atom stereocenters. The maximum Gasteiger partial charge on any atom is 0.297 e. The molecule has 1 aromatic carbocycles. The predicted molar refractivity (Wildman–Crippen MR) is 114 cm³/mol. The Morgan fingerprint density at radius 2 is 1.94 bits per heavy atom. The van der Waals surface area contributed by atoms with E-state index in [9.17, 15) is 13.2 Å². The van der Waals surface area contributed by atoms with Gasteiger partial charge in [-0.05, 0) is 23.8 Å². The van der Waals surface area contributed by atoms with Crippen molar-refractivity contribution < 1.29 is 13.2 Å². The van der Waals surface area contributed by atoms with E-state index in [1.165, 1.54) is 31.0 Å². The van der Waals surface area contributed by atoms with Crippen LogP contribution in [0.3, 0.4) is 0 Å². The Morgan fingerprint density at radius 3 is 2.62 bits per heavy atom. The lowest BCUT2D eigenvalue weighted by Gasteiger charge is -2.06. The van der Waals surface area contributed by atoms with Crippen LogP contribution < -0.4 is 11.1 Å². The van der Waals surface area contributed by atoms with Crippen LogP contribution in [0, 0.1) is 11.2 Å². The van der Waals surface area contributed by atoms with Gasteiger partial charge in [-0.2, -0.15) is 5.10 Å². The number of nitrogens with two attached hydrogens (primary N) is 1. The summed E-state index contributed by atoms with van der Waals surface area (Å²) in [6.07, 6.45) is 3.99. The number of allylic oxidation sites excluding steroid dienone is 1. The van der Waals surface area contributed by atoms with E-state index < -0.39 is 18.1 Å². The third kappa shape index (κ3) is 4.13. The van der Waals surface area contributed by atoms with Crippen LogP contribution in [0.2, 0.25) is 0 Å². The standard InChI is InChI=1S/C21H17F3N8/c22-16-3-1-2-4-17(16)27-8-12(7-25)5-14-6-15(18-20(26)30-11-31-32(14)18)13-9-28-21(19(23)24)29-10-13/h1-4,6-11,19,25,27H,5H2,(H2,26,30,31)/b12-8-,25-7?. The summed E-state index contributed by atoms with van der Waals surface area (Å²) in [5.41, 5.74) is 8.99. The Balaban J connectivity index is 1.71. The predicted octanol–water partition coefficient (Wildman–Crippen LogP) is 4.03. The third-order valence-corrected chi connectivity index (χ3v) is 4.69. The van der Waals surface area contributed by atoms with Crippen LogP contribution in [-0.2, 0) is 6.42 Å². The molecule has 0 radical (unpaired) electrons. The van der Waals surface area contributed by atoms with E-state index in [4.69, 9.17) is 11.1 Å². The van der Waals surface area contributed by atoms with E-state index in [0.29, 0.717) is 27.9 Å². The molecule has 0 saturated heterocycles. The molecule has 0 aliphatic carbocycles. The molecule has 8 nitrogen and oxygen atoms in total. The summed E-state index contributed by atoms with van der Waals surface area (Å²) < 4.78 is 41.0. The molecular weight excluding hydrogens is 421 g/mol. The summed E-state index contributed by atoms with van der Waals surface area (Å²) in [6.45, 7) is 0. The molecule has 162 valence electrons. The van der Waals surface area contributed by atoms with Crippen molar-refractivity contribution in [2.75, 3.05) is 11.1 Å². The molecule has 11 heteroatoms. The molecule has 0 spiro atoms. The number of nitrogens with one attached hydrogen (secondary N) is 2. The van der Waals surface area contributed by atoms with Gasteiger partial charge in [-0.25, -0.2) is 32.6 Å². The van der Waals surface area contributed by atoms with Crippen LogP contribution in [-0.4, -0.2) is 30.8 Å². The average molecular weight is 438 g/mol. The molecule has 4 aromatic rings. The molecule has 4 rings (SSSR count). The van der Waals surface area contributed by atoms with Gasteiger partial charge in [0.25, 0.3) is 6.43 Å². The second-order valence-electron chi connectivity index (χ2n) is 6.75. The zero-order chi connectivity index (χ0) is 22.7. The minimum atomic E-state index is -2.78. The Morgan fingerprint density at radius 1 is 1.19 bits per heavy atom. The van der Waals surface area contributed by atoms with E-state index in [2.05, 4.69) is 25.4 Å². The number of fused-ring (bicyclic) bond motifs is 1. The summed E-state index contributed by atoms with van der Waals surface area (Å²) >= 11 is 0. The van der Waals surface area contributed by atoms with E-state index in [0.717, 1.165) is 6.21 Å². The van der Waals surface area contributed by atoms with Gasteiger partial charge in [0.1, 0.15) is 17.7 Å². The van der Waals surface area contributed by atoms with Crippen molar-refractivity contribution in [2.45, 2.75) is 12.8 Å². The van der Waals surface area contributed by atoms with Gasteiger partial charge < -0.3 is 16.5 Å². The van der Waals surface area contributed by atoms with E-state index in [1.54, 1.807) is 28.8 Å². The lowest BCUT2D eigenvalue weighted by atomic mass is 10.1. The molecule has 0 amide bonds. The van der Waals surface area contributed by atoms with Crippen LogP contribution in [0.4, 0.5) is 24.7 Å². The van der Waals surface area contributed by atoms with Gasteiger partial charge in [-0.15, -0.1) is 0 Å². The maximum atomic E-state index is 13.9. The SMILES string of the molecule is N=C/C(=C\Nc1ccccc1F)Cc1cc(-c2cnc(C(F)F)nc2)c2c(N)ncnn12. The number of nitrogens with zero attached hydrogens (tertiary/aromatic N) is 5. The van der Waals surface area contributed by atoms with E-state index in [-0.39, 0.29) is 17.9 Å². The molecule has 0 saturated carbocycles. The Labute approximate surface area is 180 Å². The molecule has 3 aromatic heterocycles. The number of halogens is 3. The first kappa shape index (κ1) is 21.0. The lowest BCUT2D eigenvalue weighted by molar-refractivity contribution is 0.140. The van der Waals surface area contributed by atoms with Crippen molar-refractivity contribution in [1.82, 2.24) is 24.6 Å². The number of benzene rings is 1. The number of hydrogen-bond donors (Lipinski definition) is 3. The zero-order valence-electron chi connectivity index (χ0n) is 16.5. The number of para-hydroxylation sites is 1.